The second-order valence-electron chi connectivity index (χ2n) is 3.70. The van der Waals surface area contributed by atoms with Gasteiger partial charge in [-0.25, -0.2) is 4.98 Å². The SMILES string of the molecule is CCCCC(=O)Sc1cc(C)cc(C)n1. The Bertz CT molecular complexity index is 329. The molecule has 0 spiro atoms. The number of carbonyl (C=O) groups is 1. The van der Waals surface area contributed by atoms with Crippen LogP contribution in [-0.4, -0.2) is 10.1 Å². The van der Waals surface area contributed by atoms with E-state index in [9.17, 15) is 4.79 Å². The molecule has 0 radical (unpaired) electrons. The van der Waals surface area contributed by atoms with E-state index in [0.717, 1.165) is 29.1 Å². The van der Waals surface area contributed by atoms with Gasteiger partial charge in [-0.3, -0.25) is 4.79 Å². The van der Waals surface area contributed by atoms with Crippen molar-refractivity contribution in [3.8, 4) is 0 Å². The highest BCUT2D eigenvalue weighted by molar-refractivity contribution is 8.13. The highest BCUT2D eigenvalue weighted by Crippen LogP contribution is 2.20. The first-order chi connectivity index (χ1) is 7.11. The standard InChI is InChI=1S/C12H17NOS/c1-4-5-6-12(14)15-11-8-9(2)7-10(3)13-11/h7-8H,4-6H2,1-3H3. The van der Waals surface area contributed by atoms with Crippen molar-refractivity contribution in [1.82, 2.24) is 4.98 Å². The lowest BCUT2D eigenvalue weighted by atomic mass is 10.3. The van der Waals surface area contributed by atoms with Crippen molar-refractivity contribution in [2.45, 2.75) is 45.1 Å². The van der Waals surface area contributed by atoms with Crippen LogP contribution in [0, 0.1) is 13.8 Å². The molecule has 0 bridgehead atoms. The molecule has 0 fully saturated rings. The highest BCUT2D eigenvalue weighted by atomic mass is 32.2. The number of hydrogen-bond donors (Lipinski definition) is 0. The number of pyridine rings is 1. The van der Waals surface area contributed by atoms with Crippen LogP contribution < -0.4 is 0 Å². The minimum atomic E-state index is 0.217. The second-order valence-corrected chi connectivity index (χ2v) is 4.78. The third-order valence-electron chi connectivity index (χ3n) is 2.03. The maximum atomic E-state index is 11.5. The monoisotopic (exact) mass is 223 g/mol. The number of aromatic nitrogens is 1. The summed E-state index contributed by atoms with van der Waals surface area (Å²) in [4.78, 5) is 15.8. The van der Waals surface area contributed by atoms with E-state index in [2.05, 4.69) is 11.9 Å². The third kappa shape index (κ3) is 4.47. The molecule has 0 saturated carbocycles. The van der Waals surface area contributed by atoms with E-state index in [1.807, 2.05) is 26.0 Å². The van der Waals surface area contributed by atoms with E-state index in [-0.39, 0.29) is 5.12 Å². The fourth-order valence-electron chi connectivity index (χ4n) is 1.35. The van der Waals surface area contributed by atoms with Crippen molar-refractivity contribution >= 4 is 16.9 Å². The van der Waals surface area contributed by atoms with Gasteiger partial charge in [0, 0.05) is 12.1 Å². The molecule has 0 amide bonds. The number of nitrogens with zero attached hydrogens (tertiary/aromatic N) is 1. The van der Waals surface area contributed by atoms with E-state index < -0.39 is 0 Å². The molecule has 1 rings (SSSR count). The van der Waals surface area contributed by atoms with Crippen LogP contribution in [0.3, 0.4) is 0 Å². The fourth-order valence-corrected chi connectivity index (χ4v) is 2.26. The molecular weight excluding hydrogens is 206 g/mol. The maximum absolute atomic E-state index is 11.5. The summed E-state index contributed by atoms with van der Waals surface area (Å²) in [5, 5.41) is 1.04. The summed E-state index contributed by atoms with van der Waals surface area (Å²) >= 11 is 1.26. The van der Waals surface area contributed by atoms with Gasteiger partial charge >= 0.3 is 0 Å². The van der Waals surface area contributed by atoms with Crippen LogP contribution in [0.5, 0.6) is 0 Å². The summed E-state index contributed by atoms with van der Waals surface area (Å²) in [6, 6.07) is 3.97. The maximum Gasteiger partial charge on any atom is 0.195 e. The molecule has 1 aromatic heterocycles. The predicted octanol–water partition coefficient (Wildman–Crippen LogP) is 3.51. The smallest absolute Gasteiger partial charge is 0.195 e. The van der Waals surface area contributed by atoms with Crippen LogP contribution in [0.1, 0.15) is 37.4 Å². The molecule has 0 unspecified atom stereocenters. The molecule has 0 atom stereocenters. The van der Waals surface area contributed by atoms with Crippen molar-refractivity contribution < 1.29 is 4.79 Å². The molecule has 0 aliphatic heterocycles. The lowest BCUT2D eigenvalue weighted by Gasteiger charge is -2.02. The number of aryl methyl sites for hydroxylation is 2. The molecule has 0 N–H and O–H groups in total. The largest absolute Gasteiger partial charge is 0.287 e. The average molecular weight is 223 g/mol. The number of hydrogen-bond acceptors (Lipinski definition) is 3. The van der Waals surface area contributed by atoms with Gasteiger partial charge in [0.05, 0.1) is 0 Å². The van der Waals surface area contributed by atoms with Crippen molar-refractivity contribution in [3.05, 3.63) is 23.4 Å². The first-order valence-electron chi connectivity index (χ1n) is 5.27. The van der Waals surface area contributed by atoms with Gasteiger partial charge in [-0.05, 0) is 49.7 Å². The molecule has 2 nitrogen and oxygen atoms in total. The number of unbranched alkanes of at least 4 members (excludes halogenated alkanes) is 1. The van der Waals surface area contributed by atoms with E-state index in [1.165, 1.54) is 11.8 Å². The molecule has 0 aliphatic carbocycles. The Morgan fingerprint density at radius 1 is 1.40 bits per heavy atom. The first-order valence-corrected chi connectivity index (χ1v) is 6.09. The molecular formula is C12H17NOS. The Balaban J connectivity index is 2.60. The Labute approximate surface area is 95.5 Å². The van der Waals surface area contributed by atoms with Crippen molar-refractivity contribution in [2.24, 2.45) is 0 Å². The summed E-state index contributed by atoms with van der Waals surface area (Å²) in [6.07, 6.45) is 2.68. The minimum absolute atomic E-state index is 0.217. The molecule has 1 aromatic rings. The van der Waals surface area contributed by atoms with Gasteiger partial charge in [0.1, 0.15) is 5.03 Å². The van der Waals surface area contributed by atoms with Crippen LogP contribution in [0.4, 0.5) is 0 Å². The second kappa shape index (κ2) is 5.91. The van der Waals surface area contributed by atoms with Crippen molar-refractivity contribution in [3.63, 3.8) is 0 Å². The van der Waals surface area contributed by atoms with Gasteiger partial charge in [0.2, 0.25) is 0 Å². The zero-order valence-corrected chi connectivity index (χ0v) is 10.4. The Morgan fingerprint density at radius 2 is 2.13 bits per heavy atom. The predicted molar refractivity (Wildman–Crippen MR) is 64.1 cm³/mol. The number of thioether (sulfide) groups is 1. The van der Waals surface area contributed by atoms with E-state index in [0.29, 0.717) is 6.42 Å². The van der Waals surface area contributed by atoms with Crippen molar-refractivity contribution in [2.75, 3.05) is 0 Å². The zero-order valence-electron chi connectivity index (χ0n) is 9.54. The highest BCUT2D eigenvalue weighted by Gasteiger charge is 2.06. The number of rotatable bonds is 4. The summed E-state index contributed by atoms with van der Waals surface area (Å²) < 4.78 is 0. The first kappa shape index (κ1) is 12.2. The topological polar surface area (TPSA) is 30.0 Å². The summed E-state index contributed by atoms with van der Waals surface area (Å²) in [5.74, 6) is 0. The van der Waals surface area contributed by atoms with Crippen LogP contribution in [0.15, 0.2) is 17.2 Å². The average Bonchev–Trinajstić information content (AvgIpc) is 2.13. The van der Waals surface area contributed by atoms with Crippen LogP contribution in [-0.2, 0) is 4.79 Å². The zero-order chi connectivity index (χ0) is 11.3. The van der Waals surface area contributed by atoms with E-state index in [4.69, 9.17) is 0 Å². The van der Waals surface area contributed by atoms with Crippen molar-refractivity contribution in [1.29, 1.82) is 0 Å². The van der Waals surface area contributed by atoms with Crippen LogP contribution in [0.2, 0.25) is 0 Å². The summed E-state index contributed by atoms with van der Waals surface area (Å²) in [6.45, 7) is 6.07. The molecule has 3 heteroatoms. The molecule has 0 aromatic carbocycles. The van der Waals surface area contributed by atoms with Gasteiger partial charge in [-0.2, -0.15) is 0 Å². The van der Waals surface area contributed by atoms with Gasteiger partial charge < -0.3 is 0 Å². The Hall–Kier alpha value is -0.830. The quantitative estimate of drug-likeness (QED) is 0.732. The van der Waals surface area contributed by atoms with Gasteiger partial charge in [0.25, 0.3) is 0 Å². The number of carbonyl (C=O) groups excluding carboxylic acids is 1. The molecule has 82 valence electrons. The lowest BCUT2D eigenvalue weighted by Crippen LogP contribution is -1.94. The molecule has 15 heavy (non-hydrogen) atoms. The van der Waals surface area contributed by atoms with Gasteiger partial charge in [-0.15, -0.1) is 0 Å². The third-order valence-corrected chi connectivity index (χ3v) is 2.88. The molecule has 1 heterocycles. The Morgan fingerprint density at radius 3 is 2.73 bits per heavy atom. The van der Waals surface area contributed by atoms with E-state index >= 15 is 0 Å². The molecule has 0 aliphatic rings. The van der Waals surface area contributed by atoms with Crippen LogP contribution in [0.25, 0.3) is 0 Å². The van der Waals surface area contributed by atoms with Gasteiger partial charge in [-0.1, -0.05) is 13.3 Å². The van der Waals surface area contributed by atoms with E-state index in [1.54, 1.807) is 0 Å². The van der Waals surface area contributed by atoms with Gasteiger partial charge in [0.15, 0.2) is 5.12 Å². The lowest BCUT2D eigenvalue weighted by molar-refractivity contribution is -0.111. The Kier molecular flexibility index (Phi) is 4.82. The normalized spacial score (nSPS) is 10.3. The molecule has 0 saturated heterocycles. The minimum Gasteiger partial charge on any atom is -0.287 e. The summed E-state index contributed by atoms with van der Waals surface area (Å²) in [5.41, 5.74) is 2.13. The summed E-state index contributed by atoms with van der Waals surface area (Å²) in [7, 11) is 0. The van der Waals surface area contributed by atoms with Crippen LogP contribution >= 0.6 is 11.8 Å². The fraction of sp³-hybridized carbons (Fsp3) is 0.500.